The summed E-state index contributed by atoms with van der Waals surface area (Å²) in [6.45, 7) is 1.49. The minimum Gasteiger partial charge on any atom is -0.381 e. The first-order valence-electron chi connectivity index (χ1n) is 3.83. The molecule has 0 radical (unpaired) electrons. The summed E-state index contributed by atoms with van der Waals surface area (Å²) in [5.74, 6) is -0.0316. The van der Waals surface area contributed by atoms with Gasteiger partial charge in [-0.2, -0.15) is 0 Å². The highest BCUT2D eigenvalue weighted by Crippen LogP contribution is 2.12. The molecule has 0 saturated carbocycles. The van der Waals surface area contributed by atoms with Gasteiger partial charge in [-0.25, -0.2) is 0 Å². The molecule has 0 bridgehead atoms. The molecule has 0 aliphatic carbocycles. The molecule has 0 spiro atoms. The third-order valence-corrected chi connectivity index (χ3v) is 2.04. The molecule has 1 saturated heterocycles. The fourth-order valence-electron chi connectivity index (χ4n) is 1.06. The summed E-state index contributed by atoms with van der Waals surface area (Å²) >= 11 is 10.9. The first-order chi connectivity index (χ1) is 5.70. The van der Waals surface area contributed by atoms with Crippen LogP contribution in [0.1, 0.15) is 6.42 Å². The molecule has 1 N–H and O–H groups in total. The van der Waals surface area contributed by atoms with E-state index >= 15 is 0 Å². The van der Waals surface area contributed by atoms with Gasteiger partial charge in [0.25, 0.3) is 0 Å². The van der Waals surface area contributed by atoms with E-state index in [1.165, 1.54) is 0 Å². The topological polar surface area (TPSA) is 38.3 Å². The van der Waals surface area contributed by atoms with Crippen molar-refractivity contribution in [2.24, 2.45) is 5.92 Å². The number of hydrogen-bond donors (Lipinski definition) is 1. The van der Waals surface area contributed by atoms with E-state index in [1.54, 1.807) is 0 Å². The van der Waals surface area contributed by atoms with Crippen LogP contribution >= 0.6 is 23.2 Å². The Bertz CT molecular complexity index is 157. The Kier molecular flexibility index (Phi) is 4.12. The van der Waals surface area contributed by atoms with E-state index in [-0.39, 0.29) is 11.8 Å². The maximum atomic E-state index is 11.2. The number of carbonyl (C=O) groups excluding carboxylic acids is 1. The normalized spacial score (nSPS) is 23.1. The monoisotopic (exact) mass is 211 g/mol. The number of rotatable bonds is 3. The second-order valence-electron chi connectivity index (χ2n) is 2.70. The zero-order valence-corrected chi connectivity index (χ0v) is 8.07. The molecule has 0 aromatic rings. The second-order valence-corrected chi connectivity index (χ2v) is 3.97. The molecule has 70 valence electrons. The average molecular weight is 212 g/mol. The minimum atomic E-state index is -0.531. The van der Waals surface area contributed by atoms with Crippen molar-refractivity contribution in [1.82, 2.24) is 5.32 Å². The summed E-state index contributed by atoms with van der Waals surface area (Å²) < 4.78 is 5.06. The standard InChI is InChI=1S/C7H11Cl2NO2/c8-6(9)3-10-7(11)5-1-2-12-4-5/h5-6H,1-4H2,(H,10,11). The molecule has 1 rings (SSSR count). The SMILES string of the molecule is O=C(NCC(Cl)Cl)C1CCOC1. The summed E-state index contributed by atoms with van der Waals surface area (Å²) in [5.41, 5.74) is 0. The molecule has 3 nitrogen and oxygen atoms in total. The summed E-state index contributed by atoms with van der Waals surface area (Å²) in [4.78, 5) is 10.7. The minimum absolute atomic E-state index is 0.0150. The molecule has 0 aromatic carbocycles. The number of carbonyl (C=O) groups is 1. The summed E-state index contributed by atoms with van der Waals surface area (Å²) in [6.07, 6.45) is 0.793. The average Bonchev–Trinajstić information content (AvgIpc) is 2.51. The second kappa shape index (κ2) is 4.90. The zero-order chi connectivity index (χ0) is 8.97. The van der Waals surface area contributed by atoms with Crippen molar-refractivity contribution in [1.29, 1.82) is 0 Å². The van der Waals surface area contributed by atoms with E-state index in [4.69, 9.17) is 27.9 Å². The van der Waals surface area contributed by atoms with Crippen LogP contribution in [0.4, 0.5) is 0 Å². The Morgan fingerprint density at radius 3 is 2.92 bits per heavy atom. The van der Waals surface area contributed by atoms with E-state index in [1.807, 2.05) is 0 Å². The molecule has 1 atom stereocenters. The Labute approximate surface area is 81.4 Å². The van der Waals surface area contributed by atoms with Crippen molar-refractivity contribution in [2.75, 3.05) is 19.8 Å². The molecular formula is C7H11Cl2NO2. The van der Waals surface area contributed by atoms with Gasteiger partial charge in [0.15, 0.2) is 0 Å². The van der Waals surface area contributed by atoms with Crippen LogP contribution in [0, 0.1) is 5.92 Å². The quantitative estimate of drug-likeness (QED) is 0.707. The van der Waals surface area contributed by atoms with Crippen molar-refractivity contribution in [3.63, 3.8) is 0 Å². The number of alkyl halides is 2. The Morgan fingerprint density at radius 2 is 2.42 bits per heavy atom. The lowest BCUT2D eigenvalue weighted by Gasteiger charge is -2.08. The number of ether oxygens (including phenoxy) is 1. The highest BCUT2D eigenvalue weighted by molar-refractivity contribution is 6.44. The molecule has 1 fully saturated rings. The molecule has 0 aromatic heterocycles. The smallest absolute Gasteiger partial charge is 0.225 e. The van der Waals surface area contributed by atoms with Gasteiger partial charge in [-0.15, -0.1) is 23.2 Å². The summed E-state index contributed by atoms with van der Waals surface area (Å²) in [6, 6.07) is 0. The number of nitrogens with one attached hydrogen (secondary N) is 1. The first kappa shape index (κ1) is 10.1. The molecule has 5 heteroatoms. The molecular weight excluding hydrogens is 201 g/mol. The Balaban J connectivity index is 2.18. The van der Waals surface area contributed by atoms with E-state index in [9.17, 15) is 4.79 Å². The fraction of sp³-hybridized carbons (Fsp3) is 0.857. The van der Waals surface area contributed by atoms with Crippen LogP contribution in [-0.4, -0.2) is 30.5 Å². The molecule has 1 aliphatic heterocycles. The van der Waals surface area contributed by atoms with Crippen molar-refractivity contribution < 1.29 is 9.53 Å². The van der Waals surface area contributed by atoms with E-state index in [0.29, 0.717) is 19.8 Å². The van der Waals surface area contributed by atoms with Crippen LogP contribution in [0.15, 0.2) is 0 Å². The molecule has 1 unspecified atom stereocenters. The summed E-state index contributed by atoms with van der Waals surface area (Å²) in [5, 5.41) is 2.64. The van der Waals surface area contributed by atoms with Crippen LogP contribution in [-0.2, 0) is 9.53 Å². The van der Waals surface area contributed by atoms with Crippen molar-refractivity contribution in [3.05, 3.63) is 0 Å². The van der Waals surface area contributed by atoms with Crippen LogP contribution < -0.4 is 5.32 Å². The van der Waals surface area contributed by atoms with Crippen LogP contribution in [0.25, 0.3) is 0 Å². The third-order valence-electron chi connectivity index (χ3n) is 1.73. The lowest BCUT2D eigenvalue weighted by Crippen LogP contribution is -2.33. The van der Waals surface area contributed by atoms with Gasteiger partial charge < -0.3 is 10.1 Å². The first-order valence-corrected chi connectivity index (χ1v) is 4.71. The third kappa shape index (κ3) is 3.17. The van der Waals surface area contributed by atoms with Gasteiger partial charge in [-0.05, 0) is 6.42 Å². The van der Waals surface area contributed by atoms with E-state index in [0.717, 1.165) is 6.42 Å². The predicted octanol–water partition coefficient (Wildman–Crippen LogP) is 0.943. The summed E-state index contributed by atoms with van der Waals surface area (Å²) in [7, 11) is 0. The van der Waals surface area contributed by atoms with E-state index < -0.39 is 4.84 Å². The van der Waals surface area contributed by atoms with Gasteiger partial charge >= 0.3 is 0 Å². The van der Waals surface area contributed by atoms with Gasteiger partial charge in [0.2, 0.25) is 5.91 Å². The van der Waals surface area contributed by atoms with Gasteiger partial charge in [0.05, 0.1) is 12.5 Å². The molecule has 12 heavy (non-hydrogen) atoms. The van der Waals surface area contributed by atoms with Crippen molar-refractivity contribution >= 4 is 29.1 Å². The van der Waals surface area contributed by atoms with Gasteiger partial charge in [0, 0.05) is 13.2 Å². The van der Waals surface area contributed by atoms with Crippen molar-refractivity contribution in [3.8, 4) is 0 Å². The maximum absolute atomic E-state index is 11.2. The van der Waals surface area contributed by atoms with E-state index in [2.05, 4.69) is 5.32 Å². The molecule has 1 aliphatic rings. The van der Waals surface area contributed by atoms with Crippen LogP contribution in [0.3, 0.4) is 0 Å². The van der Waals surface area contributed by atoms with Crippen molar-refractivity contribution in [2.45, 2.75) is 11.3 Å². The highest BCUT2D eigenvalue weighted by atomic mass is 35.5. The fourth-order valence-corrected chi connectivity index (χ4v) is 1.22. The zero-order valence-electron chi connectivity index (χ0n) is 6.56. The van der Waals surface area contributed by atoms with Gasteiger partial charge in [-0.3, -0.25) is 4.79 Å². The largest absolute Gasteiger partial charge is 0.381 e. The lowest BCUT2D eigenvalue weighted by molar-refractivity contribution is -0.124. The predicted molar refractivity (Wildman–Crippen MR) is 47.4 cm³/mol. The number of amides is 1. The van der Waals surface area contributed by atoms with Crippen LogP contribution in [0.5, 0.6) is 0 Å². The maximum Gasteiger partial charge on any atom is 0.225 e. The van der Waals surface area contributed by atoms with Gasteiger partial charge in [0.1, 0.15) is 4.84 Å². The van der Waals surface area contributed by atoms with Gasteiger partial charge in [-0.1, -0.05) is 0 Å². The lowest BCUT2D eigenvalue weighted by atomic mass is 10.1. The highest BCUT2D eigenvalue weighted by Gasteiger charge is 2.23. The Morgan fingerprint density at radius 1 is 1.67 bits per heavy atom. The molecule has 1 amide bonds. The van der Waals surface area contributed by atoms with Crippen LogP contribution in [0.2, 0.25) is 0 Å². The molecule has 1 heterocycles. The Hall–Kier alpha value is 0.01000. The number of halogens is 2. The number of hydrogen-bond acceptors (Lipinski definition) is 2.